The normalized spacial score (nSPS) is 56.8. The molecule has 4 saturated carbocycles. The quantitative estimate of drug-likeness (QED) is 0.677. The number of nitrogens with two attached hydrogens (primary N) is 1. The third kappa shape index (κ3) is 0.522. The molecule has 1 nitrogen and oxygen atoms in total. The smallest absolute Gasteiger partial charge is 0.258 e. The van der Waals surface area contributed by atoms with Crippen LogP contribution in [0.5, 0.6) is 0 Å². The highest BCUT2D eigenvalue weighted by Crippen LogP contribution is 2.84. The molecule has 2 unspecified atom stereocenters. The van der Waals surface area contributed by atoms with Gasteiger partial charge in [0.1, 0.15) is 0 Å². The molecule has 0 spiro atoms. The van der Waals surface area contributed by atoms with Gasteiger partial charge in [0, 0.05) is 12.5 Å². The number of rotatable bonds is 1. The highest BCUT2D eigenvalue weighted by molar-refractivity contribution is 5.85. The van der Waals surface area contributed by atoms with Gasteiger partial charge in [-0.15, -0.1) is 12.4 Å². The first-order chi connectivity index (χ1) is 5.14. The fourth-order valence-corrected chi connectivity index (χ4v) is 3.67. The first-order valence-corrected chi connectivity index (χ1v) is 4.22. The molecule has 0 aromatic rings. The summed E-state index contributed by atoms with van der Waals surface area (Å²) in [7, 11) is 0. The minimum absolute atomic E-state index is 0. The zero-order chi connectivity index (χ0) is 7.85. The van der Waals surface area contributed by atoms with Crippen molar-refractivity contribution < 1.29 is 8.78 Å². The Morgan fingerprint density at radius 2 is 1.75 bits per heavy atom. The Morgan fingerprint density at radius 1 is 1.25 bits per heavy atom. The van der Waals surface area contributed by atoms with Crippen molar-refractivity contribution in [1.29, 1.82) is 0 Å². The van der Waals surface area contributed by atoms with Gasteiger partial charge in [0.25, 0.3) is 5.92 Å². The standard InChI is InChI=1S/C8H11F2N.ClH/c9-8(10)4-1-5-6(2-4)7(5,8)3-11;/h4-6H,1-3,11H2;1H. The van der Waals surface area contributed by atoms with Gasteiger partial charge in [-0.05, 0) is 24.7 Å². The zero-order valence-corrected chi connectivity index (χ0v) is 7.41. The summed E-state index contributed by atoms with van der Waals surface area (Å²) in [5.74, 6) is -2.17. The van der Waals surface area contributed by atoms with Gasteiger partial charge in [0.05, 0.1) is 5.41 Å². The maximum atomic E-state index is 13.4. The van der Waals surface area contributed by atoms with Crippen LogP contribution in [0.25, 0.3) is 0 Å². The van der Waals surface area contributed by atoms with Crippen LogP contribution in [0.4, 0.5) is 8.78 Å². The van der Waals surface area contributed by atoms with Crippen LogP contribution in [-0.2, 0) is 0 Å². The van der Waals surface area contributed by atoms with Gasteiger partial charge in [-0.25, -0.2) is 8.78 Å². The van der Waals surface area contributed by atoms with Crippen molar-refractivity contribution in [2.45, 2.75) is 18.8 Å². The van der Waals surface area contributed by atoms with Gasteiger partial charge in [-0.1, -0.05) is 0 Å². The largest absolute Gasteiger partial charge is 0.330 e. The Bertz CT molecular complexity index is 219. The second kappa shape index (κ2) is 1.95. The fourth-order valence-electron chi connectivity index (χ4n) is 3.67. The topological polar surface area (TPSA) is 26.0 Å². The number of hydrogen-bond acceptors (Lipinski definition) is 1. The first-order valence-electron chi connectivity index (χ1n) is 4.22. The van der Waals surface area contributed by atoms with E-state index in [4.69, 9.17) is 5.73 Å². The Kier molecular flexibility index (Phi) is 1.42. The van der Waals surface area contributed by atoms with E-state index in [1.165, 1.54) is 0 Å². The molecule has 0 heterocycles. The van der Waals surface area contributed by atoms with Crippen LogP contribution >= 0.6 is 12.4 Å². The van der Waals surface area contributed by atoms with E-state index >= 15 is 0 Å². The summed E-state index contributed by atoms with van der Waals surface area (Å²) in [6.07, 6.45) is 1.49. The molecular formula is C8H12ClF2N. The third-order valence-corrected chi connectivity index (χ3v) is 4.25. The SMILES string of the molecule is Cl.NCC12C3CC(CC31)C2(F)F. The predicted molar refractivity (Wildman–Crippen MR) is 43.4 cm³/mol. The van der Waals surface area contributed by atoms with Crippen molar-refractivity contribution in [3.8, 4) is 0 Å². The Labute approximate surface area is 76.1 Å². The van der Waals surface area contributed by atoms with E-state index in [2.05, 4.69) is 0 Å². The van der Waals surface area contributed by atoms with Gasteiger partial charge in [-0.2, -0.15) is 0 Å². The van der Waals surface area contributed by atoms with E-state index in [9.17, 15) is 8.78 Å². The second-order valence-electron chi connectivity index (χ2n) is 4.25. The molecule has 4 aliphatic rings. The molecule has 0 aliphatic heterocycles. The van der Waals surface area contributed by atoms with E-state index in [-0.39, 0.29) is 36.7 Å². The van der Waals surface area contributed by atoms with Crippen LogP contribution in [0.2, 0.25) is 0 Å². The maximum absolute atomic E-state index is 13.4. The number of alkyl halides is 2. The Morgan fingerprint density at radius 3 is 1.92 bits per heavy atom. The molecule has 2 atom stereocenters. The molecule has 70 valence electrons. The summed E-state index contributed by atoms with van der Waals surface area (Å²) in [6.45, 7) is 0.200. The molecule has 4 aliphatic carbocycles. The van der Waals surface area contributed by atoms with Crippen molar-refractivity contribution in [3.05, 3.63) is 0 Å². The highest BCUT2D eigenvalue weighted by atomic mass is 35.5. The zero-order valence-electron chi connectivity index (χ0n) is 6.59. The van der Waals surface area contributed by atoms with Gasteiger partial charge in [0.15, 0.2) is 0 Å². The molecule has 4 fully saturated rings. The van der Waals surface area contributed by atoms with E-state index in [0.717, 1.165) is 12.8 Å². The van der Waals surface area contributed by atoms with Crippen LogP contribution in [-0.4, -0.2) is 12.5 Å². The molecule has 0 aromatic carbocycles. The summed E-state index contributed by atoms with van der Waals surface area (Å²) in [6, 6.07) is 0. The van der Waals surface area contributed by atoms with Crippen molar-refractivity contribution in [2.75, 3.05) is 6.54 Å². The molecular weight excluding hydrogens is 184 g/mol. The molecule has 0 aromatic heterocycles. The monoisotopic (exact) mass is 195 g/mol. The molecule has 2 N–H and O–H groups in total. The molecule has 0 radical (unpaired) electrons. The predicted octanol–water partition coefficient (Wildman–Crippen LogP) is 1.66. The van der Waals surface area contributed by atoms with Crippen molar-refractivity contribution in [2.24, 2.45) is 28.9 Å². The van der Waals surface area contributed by atoms with Crippen LogP contribution in [0.1, 0.15) is 12.8 Å². The van der Waals surface area contributed by atoms with Crippen LogP contribution in [0.15, 0.2) is 0 Å². The third-order valence-electron chi connectivity index (χ3n) is 4.25. The molecule has 0 saturated heterocycles. The molecule has 4 bridgehead atoms. The summed E-state index contributed by atoms with van der Waals surface area (Å²) in [5, 5.41) is 0. The molecule has 4 rings (SSSR count). The van der Waals surface area contributed by atoms with Gasteiger partial charge >= 0.3 is 0 Å². The van der Waals surface area contributed by atoms with Crippen LogP contribution in [0.3, 0.4) is 0 Å². The van der Waals surface area contributed by atoms with Crippen molar-refractivity contribution in [3.63, 3.8) is 0 Å². The van der Waals surface area contributed by atoms with Crippen LogP contribution < -0.4 is 5.73 Å². The summed E-state index contributed by atoms with van der Waals surface area (Å²) < 4.78 is 26.8. The van der Waals surface area contributed by atoms with Crippen molar-refractivity contribution >= 4 is 12.4 Å². The lowest BCUT2D eigenvalue weighted by molar-refractivity contribution is -0.0752. The Hall–Kier alpha value is 0.110. The fraction of sp³-hybridized carbons (Fsp3) is 1.00. The van der Waals surface area contributed by atoms with Gasteiger partial charge < -0.3 is 5.73 Å². The van der Waals surface area contributed by atoms with Crippen LogP contribution in [0, 0.1) is 23.2 Å². The average molecular weight is 196 g/mol. The van der Waals surface area contributed by atoms with E-state index in [0.29, 0.717) is 0 Å². The summed E-state index contributed by atoms with van der Waals surface area (Å²) in [4.78, 5) is 0. The molecule has 12 heavy (non-hydrogen) atoms. The van der Waals surface area contributed by atoms with Crippen molar-refractivity contribution in [1.82, 2.24) is 0 Å². The number of halogens is 3. The average Bonchev–Trinajstić information content (AvgIpc) is 2.26. The lowest BCUT2D eigenvalue weighted by Gasteiger charge is -2.21. The highest BCUT2D eigenvalue weighted by Gasteiger charge is 2.87. The van der Waals surface area contributed by atoms with E-state index < -0.39 is 11.3 Å². The minimum atomic E-state index is -2.42. The van der Waals surface area contributed by atoms with Gasteiger partial charge in [-0.3, -0.25) is 0 Å². The molecule has 0 amide bonds. The van der Waals surface area contributed by atoms with E-state index in [1.54, 1.807) is 0 Å². The van der Waals surface area contributed by atoms with E-state index in [1.807, 2.05) is 0 Å². The lowest BCUT2D eigenvalue weighted by atomic mass is 10.00. The Balaban J connectivity index is 0.000000563. The van der Waals surface area contributed by atoms with Gasteiger partial charge in [0.2, 0.25) is 0 Å². The first kappa shape index (κ1) is 8.70. The second-order valence-corrected chi connectivity index (χ2v) is 4.25. The summed E-state index contributed by atoms with van der Waals surface area (Å²) in [5.41, 5.74) is 4.70. The number of hydrogen-bond donors (Lipinski definition) is 1. The maximum Gasteiger partial charge on any atom is 0.258 e. The lowest BCUT2D eigenvalue weighted by Crippen LogP contribution is -2.35. The molecule has 4 heteroatoms. The minimum Gasteiger partial charge on any atom is -0.330 e. The summed E-state index contributed by atoms with van der Waals surface area (Å²) >= 11 is 0.